The fourth-order valence-electron chi connectivity index (χ4n) is 4.14. The molecule has 1 aromatic heterocycles. The Labute approximate surface area is 181 Å². The fraction of sp³-hybridized carbons (Fsp3) is 0.333. The number of imidazole rings is 1. The Morgan fingerprint density at radius 2 is 1.90 bits per heavy atom. The summed E-state index contributed by atoms with van der Waals surface area (Å²) in [5.41, 5.74) is 2.60. The van der Waals surface area contributed by atoms with Gasteiger partial charge in [0.15, 0.2) is 0 Å². The third kappa shape index (κ3) is 4.58. The minimum Gasteiger partial charge on any atom is -0.340 e. The topological polar surface area (TPSA) is 93.1 Å². The number of likely N-dealkylation sites (tertiary alicyclic amines) is 1. The maximum atomic E-state index is 13.0. The van der Waals surface area contributed by atoms with Gasteiger partial charge >= 0.3 is 0 Å². The van der Waals surface area contributed by atoms with E-state index >= 15 is 0 Å². The van der Waals surface area contributed by atoms with Gasteiger partial charge in [0, 0.05) is 31.6 Å². The lowest BCUT2D eigenvalue weighted by molar-refractivity contribution is -0.134. The number of H-pyrrole nitrogens is 1. The molecule has 2 amide bonds. The Hall–Kier alpha value is -3.66. The minimum absolute atomic E-state index is 0.0374. The first-order chi connectivity index (χ1) is 15.2. The molecule has 0 bridgehead atoms. The van der Waals surface area contributed by atoms with Crippen LogP contribution in [0, 0.1) is 11.3 Å². The lowest BCUT2D eigenvalue weighted by atomic mass is 10.2. The molecule has 0 radical (unpaired) electrons. The number of carbonyl (C=O) groups excluding carboxylic acids is 2. The molecule has 1 aliphatic rings. The summed E-state index contributed by atoms with van der Waals surface area (Å²) in [6.45, 7) is 0.991. The zero-order valence-corrected chi connectivity index (χ0v) is 17.3. The van der Waals surface area contributed by atoms with Crippen molar-refractivity contribution in [1.29, 1.82) is 5.26 Å². The number of nitrogens with zero attached hydrogens (tertiary/aromatic N) is 4. The number of fused-ring (bicyclic) bond motifs is 1. The summed E-state index contributed by atoms with van der Waals surface area (Å²) in [4.78, 5) is 37.3. The van der Waals surface area contributed by atoms with Crippen LogP contribution in [0.1, 0.15) is 44.0 Å². The molecule has 1 N–H and O–H groups in total. The molecular weight excluding hydrogens is 390 g/mol. The Bertz CT molecular complexity index is 1070. The van der Waals surface area contributed by atoms with Crippen LogP contribution in [0.2, 0.25) is 0 Å². The van der Waals surface area contributed by atoms with E-state index in [1.807, 2.05) is 59.5 Å². The smallest absolute Gasteiger partial charge is 0.227 e. The highest BCUT2D eigenvalue weighted by atomic mass is 16.2. The van der Waals surface area contributed by atoms with E-state index in [4.69, 9.17) is 5.26 Å². The van der Waals surface area contributed by atoms with Crippen molar-refractivity contribution in [3.63, 3.8) is 0 Å². The van der Waals surface area contributed by atoms with Crippen LogP contribution in [0.25, 0.3) is 11.0 Å². The van der Waals surface area contributed by atoms with Crippen molar-refractivity contribution in [1.82, 2.24) is 14.9 Å². The van der Waals surface area contributed by atoms with Crippen LogP contribution < -0.4 is 4.90 Å². The number of hydrogen-bond donors (Lipinski definition) is 1. The van der Waals surface area contributed by atoms with Crippen LogP contribution >= 0.6 is 0 Å². The molecule has 2 heterocycles. The van der Waals surface area contributed by atoms with Crippen molar-refractivity contribution in [2.75, 3.05) is 18.0 Å². The number of benzene rings is 2. The van der Waals surface area contributed by atoms with E-state index in [2.05, 4.69) is 16.0 Å². The lowest BCUT2D eigenvalue weighted by Crippen LogP contribution is -2.35. The third-order valence-electron chi connectivity index (χ3n) is 5.67. The van der Waals surface area contributed by atoms with Crippen LogP contribution in [0.3, 0.4) is 0 Å². The van der Waals surface area contributed by atoms with Gasteiger partial charge in [-0.2, -0.15) is 5.26 Å². The number of aromatic nitrogens is 2. The summed E-state index contributed by atoms with van der Waals surface area (Å²) in [6, 6.07) is 19.1. The molecule has 0 aliphatic carbocycles. The molecule has 1 saturated heterocycles. The number of rotatable bonds is 7. The molecule has 1 atom stereocenters. The Balaban J connectivity index is 1.42. The number of hydrogen-bond acceptors (Lipinski definition) is 4. The van der Waals surface area contributed by atoms with Crippen molar-refractivity contribution in [3.8, 4) is 6.07 Å². The largest absolute Gasteiger partial charge is 0.340 e. The Morgan fingerprint density at radius 1 is 1.13 bits per heavy atom. The maximum Gasteiger partial charge on any atom is 0.227 e. The van der Waals surface area contributed by atoms with E-state index in [9.17, 15) is 9.59 Å². The summed E-state index contributed by atoms with van der Waals surface area (Å²) >= 11 is 0. The highest BCUT2D eigenvalue weighted by Crippen LogP contribution is 2.32. The zero-order chi connectivity index (χ0) is 21.6. The van der Waals surface area contributed by atoms with E-state index in [0.29, 0.717) is 13.1 Å². The predicted molar refractivity (Wildman–Crippen MR) is 118 cm³/mol. The summed E-state index contributed by atoms with van der Waals surface area (Å²) in [6.07, 6.45) is 2.28. The van der Waals surface area contributed by atoms with E-state index in [0.717, 1.165) is 35.4 Å². The highest BCUT2D eigenvalue weighted by Gasteiger charge is 2.32. The zero-order valence-electron chi connectivity index (χ0n) is 17.3. The molecule has 2 aromatic carbocycles. The van der Waals surface area contributed by atoms with Gasteiger partial charge in [0.1, 0.15) is 5.82 Å². The summed E-state index contributed by atoms with van der Waals surface area (Å²) in [5.74, 6) is 0.622. The van der Waals surface area contributed by atoms with Gasteiger partial charge in [-0.3, -0.25) is 9.59 Å². The van der Waals surface area contributed by atoms with Gasteiger partial charge in [0.25, 0.3) is 0 Å². The van der Waals surface area contributed by atoms with Crippen LogP contribution in [-0.2, 0) is 9.59 Å². The number of amides is 2. The molecule has 3 aromatic rings. The van der Waals surface area contributed by atoms with Crippen LogP contribution in [0.5, 0.6) is 0 Å². The third-order valence-corrected chi connectivity index (χ3v) is 5.67. The van der Waals surface area contributed by atoms with Crippen molar-refractivity contribution in [2.24, 2.45) is 0 Å². The first-order valence-electron chi connectivity index (χ1n) is 10.6. The number of anilines is 1. The monoisotopic (exact) mass is 415 g/mol. The second kappa shape index (κ2) is 9.43. The molecule has 7 heteroatoms. The van der Waals surface area contributed by atoms with E-state index < -0.39 is 0 Å². The van der Waals surface area contributed by atoms with E-state index in [1.54, 1.807) is 4.90 Å². The second-order valence-electron chi connectivity index (χ2n) is 7.67. The summed E-state index contributed by atoms with van der Waals surface area (Å²) < 4.78 is 0. The van der Waals surface area contributed by atoms with Gasteiger partial charge < -0.3 is 14.8 Å². The van der Waals surface area contributed by atoms with Crippen LogP contribution in [0.4, 0.5) is 5.69 Å². The molecule has 31 heavy (non-hydrogen) atoms. The highest BCUT2D eigenvalue weighted by molar-refractivity contribution is 5.95. The second-order valence-corrected chi connectivity index (χ2v) is 7.67. The first kappa shape index (κ1) is 20.6. The van der Waals surface area contributed by atoms with Gasteiger partial charge in [-0.1, -0.05) is 30.3 Å². The van der Waals surface area contributed by atoms with Crippen LogP contribution in [0.15, 0.2) is 54.6 Å². The lowest BCUT2D eigenvalue weighted by Gasteiger charge is -2.25. The average Bonchev–Trinajstić information content (AvgIpc) is 3.45. The number of carbonyl (C=O) groups is 2. The molecular formula is C24H25N5O2. The van der Waals surface area contributed by atoms with Crippen LogP contribution in [-0.4, -0.2) is 39.8 Å². The summed E-state index contributed by atoms with van der Waals surface area (Å²) in [7, 11) is 0. The van der Waals surface area contributed by atoms with Gasteiger partial charge in [-0.25, -0.2) is 4.98 Å². The number of nitriles is 1. The molecule has 1 fully saturated rings. The maximum absolute atomic E-state index is 13.0. The minimum atomic E-state index is -0.144. The van der Waals surface area contributed by atoms with Crippen molar-refractivity contribution in [3.05, 3.63) is 60.4 Å². The van der Waals surface area contributed by atoms with Gasteiger partial charge in [-0.05, 0) is 37.1 Å². The fourth-order valence-corrected chi connectivity index (χ4v) is 4.14. The number of para-hydroxylation sites is 3. The SMILES string of the molecule is N#CCCN(C(=O)CCC(=O)N1CCCC1c1nc2ccccc2[nH]1)c1ccccc1. The molecule has 7 nitrogen and oxygen atoms in total. The molecule has 0 saturated carbocycles. The standard InChI is InChI=1S/C24H25N5O2/c25-15-7-17-28(18-8-2-1-3-9-18)22(30)13-14-23(31)29-16-6-12-21(29)24-26-19-10-4-5-11-20(19)27-24/h1-5,8-11,21H,6-7,12-14,16-17H2,(H,26,27). The molecule has 1 aliphatic heterocycles. The molecule has 1 unspecified atom stereocenters. The normalized spacial score (nSPS) is 15.7. The van der Waals surface area contributed by atoms with Gasteiger partial charge in [0.2, 0.25) is 11.8 Å². The van der Waals surface area contributed by atoms with Gasteiger partial charge in [0.05, 0.1) is 29.6 Å². The average molecular weight is 415 g/mol. The van der Waals surface area contributed by atoms with Crippen molar-refractivity contribution >= 4 is 28.5 Å². The molecule has 158 valence electrons. The van der Waals surface area contributed by atoms with Crippen molar-refractivity contribution < 1.29 is 9.59 Å². The quantitative estimate of drug-likeness (QED) is 0.632. The Morgan fingerprint density at radius 3 is 2.68 bits per heavy atom. The van der Waals surface area contributed by atoms with Gasteiger partial charge in [-0.15, -0.1) is 0 Å². The van der Waals surface area contributed by atoms with Crippen molar-refractivity contribution in [2.45, 2.75) is 38.1 Å². The Kier molecular flexibility index (Phi) is 6.27. The first-order valence-corrected chi connectivity index (χ1v) is 10.6. The van der Waals surface area contributed by atoms with E-state index in [-0.39, 0.29) is 37.1 Å². The number of aromatic amines is 1. The van der Waals surface area contributed by atoms with E-state index in [1.165, 1.54) is 0 Å². The predicted octanol–water partition coefficient (Wildman–Crippen LogP) is 3.95. The molecule has 4 rings (SSSR count). The molecule has 0 spiro atoms. The summed E-state index contributed by atoms with van der Waals surface area (Å²) in [5, 5.41) is 8.94. The number of nitrogens with one attached hydrogen (secondary N) is 1.